The number of ether oxygens (including phenoxy) is 1. The highest BCUT2D eigenvalue weighted by Crippen LogP contribution is 2.36. The molecule has 1 aliphatic heterocycles. The highest BCUT2D eigenvalue weighted by Gasteiger charge is 2.35. The summed E-state index contributed by atoms with van der Waals surface area (Å²) in [4.78, 5) is 37.7. The molecule has 0 spiro atoms. The Kier molecular flexibility index (Phi) is 7.14. The summed E-state index contributed by atoms with van der Waals surface area (Å²) in [5.74, 6) is 0.128. The van der Waals surface area contributed by atoms with E-state index in [1.807, 2.05) is 31.2 Å². The van der Waals surface area contributed by atoms with Crippen LogP contribution in [0.4, 0.5) is 10.5 Å². The second kappa shape index (κ2) is 10.2. The highest BCUT2D eigenvalue weighted by atomic mass is 79.9. The van der Waals surface area contributed by atoms with Gasteiger partial charge in [0.05, 0.1) is 16.4 Å². The maximum Gasteiger partial charge on any atom is 0.293 e. The van der Waals surface area contributed by atoms with Crippen molar-refractivity contribution in [3.8, 4) is 5.75 Å². The molecule has 1 fully saturated rings. The first-order chi connectivity index (χ1) is 16.3. The molecule has 0 aliphatic carbocycles. The smallest absolute Gasteiger partial charge is 0.293 e. The maximum atomic E-state index is 13.0. The number of hydrogen-bond acceptors (Lipinski definition) is 6. The normalized spacial score (nSPS) is 14.6. The molecule has 0 bridgehead atoms. The average molecular weight is 539 g/mol. The third-order valence-electron chi connectivity index (χ3n) is 5.24. The Labute approximate surface area is 208 Å². The van der Waals surface area contributed by atoms with E-state index in [0.29, 0.717) is 21.8 Å². The number of benzene rings is 3. The van der Waals surface area contributed by atoms with Gasteiger partial charge >= 0.3 is 0 Å². The van der Waals surface area contributed by atoms with E-state index in [0.717, 1.165) is 27.4 Å². The number of nitrogens with zero attached hydrogens (tertiary/aromatic N) is 2. The van der Waals surface area contributed by atoms with Crippen LogP contribution in [0.5, 0.6) is 5.75 Å². The standard InChI is InChI=1S/C25H19BrN2O5S/c1-16-5-2-3-7-18(16)14-27-24(29)23(34-25(27)30)13-19-12-20(26)9-10-22(19)33-15-17-6-4-8-21(11-17)28(31)32/h2-13H,14-15H2,1H3/b23-13-. The van der Waals surface area contributed by atoms with Crippen LogP contribution in [0.1, 0.15) is 22.3 Å². The molecule has 3 aromatic carbocycles. The quantitative estimate of drug-likeness (QED) is 0.194. The first kappa shape index (κ1) is 23.7. The van der Waals surface area contributed by atoms with Gasteiger partial charge in [-0.2, -0.15) is 0 Å². The van der Waals surface area contributed by atoms with Crippen molar-refractivity contribution < 1.29 is 19.2 Å². The fourth-order valence-electron chi connectivity index (χ4n) is 3.42. The van der Waals surface area contributed by atoms with Crippen molar-refractivity contribution in [2.24, 2.45) is 0 Å². The van der Waals surface area contributed by atoms with Crippen molar-refractivity contribution in [3.05, 3.63) is 108 Å². The molecule has 9 heteroatoms. The Morgan fingerprint density at radius 3 is 2.65 bits per heavy atom. The predicted molar refractivity (Wildman–Crippen MR) is 134 cm³/mol. The van der Waals surface area contributed by atoms with Crippen LogP contribution in [-0.2, 0) is 17.9 Å². The van der Waals surface area contributed by atoms with Gasteiger partial charge in [-0.05, 0) is 59.7 Å². The second-order valence-corrected chi connectivity index (χ2v) is 9.50. The summed E-state index contributed by atoms with van der Waals surface area (Å²) in [6, 6.07) is 19.2. The van der Waals surface area contributed by atoms with Crippen LogP contribution in [0.15, 0.2) is 76.1 Å². The lowest BCUT2D eigenvalue weighted by Crippen LogP contribution is -2.27. The fourth-order valence-corrected chi connectivity index (χ4v) is 4.63. The van der Waals surface area contributed by atoms with Gasteiger partial charge in [-0.3, -0.25) is 24.6 Å². The summed E-state index contributed by atoms with van der Waals surface area (Å²) < 4.78 is 6.69. The van der Waals surface area contributed by atoms with Gasteiger partial charge < -0.3 is 4.74 Å². The summed E-state index contributed by atoms with van der Waals surface area (Å²) in [6.07, 6.45) is 1.64. The van der Waals surface area contributed by atoms with Crippen LogP contribution < -0.4 is 4.74 Å². The lowest BCUT2D eigenvalue weighted by Gasteiger charge is -2.14. The molecule has 7 nitrogen and oxygen atoms in total. The van der Waals surface area contributed by atoms with Crippen molar-refractivity contribution >= 4 is 50.6 Å². The molecule has 0 radical (unpaired) electrons. The number of nitro benzene ring substituents is 1. The number of rotatable bonds is 7. The van der Waals surface area contributed by atoms with E-state index in [9.17, 15) is 19.7 Å². The van der Waals surface area contributed by atoms with Gasteiger partial charge in [0.2, 0.25) is 0 Å². The van der Waals surface area contributed by atoms with Gasteiger partial charge in [0.1, 0.15) is 12.4 Å². The minimum absolute atomic E-state index is 0.0144. The van der Waals surface area contributed by atoms with Gasteiger partial charge in [-0.15, -0.1) is 0 Å². The highest BCUT2D eigenvalue weighted by molar-refractivity contribution is 9.10. The first-order valence-corrected chi connectivity index (χ1v) is 11.9. The zero-order chi connectivity index (χ0) is 24.2. The van der Waals surface area contributed by atoms with Crippen LogP contribution in [0.2, 0.25) is 0 Å². The van der Waals surface area contributed by atoms with Gasteiger partial charge in [0.25, 0.3) is 16.8 Å². The monoisotopic (exact) mass is 538 g/mol. The zero-order valence-corrected chi connectivity index (χ0v) is 20.5. The predicted octanol–water partition coefficient (Wildman–Crippen LogP) is 6.48. The Balaban J connectivity index is 1.56. The van der Waals surface area contributed by atoms with Gasteiger partial charge in [-0.1, -0.05) is 52.3 Å². The third-order valence-corrected chi connectivity index (χ3v) is 6.64. The zero-order valence-electron chi connectivity index (χ0n) is 18.1. The number of non-ortho nitro benzene ring substituents is 1. The molecule has 34 heavy (non-hydrogen) atoms. The second-order valence-electron chi connectivity index (χ2n) is 7.59. The van der Waals surface area contributed by atoms with Gasteiger partial charge in [-0.25, -0.2) is 0 Å². The van der Waals surface area contributed by atoms with Crippen LogP contribution >= 0.6 is 27.7 Å². The molecule has 0 unspecified atom stereocenters. The van der Waals surface area contributed by atoms with E-state index < -0.39 is 4.92 Å². The lowest BCUT2D eigenvalue weighted by molar-refractivity contribution is -0.384. The molecule has 3 aromatic rings. The van der Waals surface area contributed by atoms with Crippen molar-refractivity contribution in [1.82, 2.24) is 4.90 Å². The number of hydrogen-bond donors (Lipinski definition) is 0. The maximum absolute atomic E-state index is 13.0. The van der Waals surface area contributed by atoms with Crippen molar-refractivity contribution in [1.29, 1.82) is 0 Å². The van der Waals surface area contributed by atoms with Crippen LogP contribution in [0.3, 0.4) is 0 Å². The van der Waals surface area contributed by atoms with Crippen LogP contribution in [0, 0.1) is 17.0 Å². The van der Waals surface area contributed by atoms with Crippen LogP contribution in [0.25, 0.3) is 6.08 Å². The minimum atomic E-state index is -0.457. The molecule has 1 heterocycles. The van der Waals surface area contributed by atoms with Gasteiger partial charge in [0.15, 0.2) is 0 Å². The molecule has 2 amide bonds. The van der Waals surface area contributed by atoms with Crippen molar-refractivity contribution in [2.75, 3.05) is 0 Å². The molecule has 0 saturated carbocycles. The number of imide groups is 1. The minimum Gasteiger partial charge on any atom is -0.488 e. The molecule has 4 rings (SSSR count). The van der Waals surface area contributed by atoms with Gasteiger partial charge in [0, 0.05) is 22.2 Å². The fraction of sp³-hybridized carbons (Fsp3) is 0.120. The molecule has 1 aliphatic rings. The number of carbonyl (C=O) groups excluding carboxylic acids is 2. The number of thioether (sulfide) groups is 1. The van der Waals surface area contributed by atoms with Crippen molar-refractivity contribution in [3.63, 3.8) is 0 Å². The lowest BCUT2D eigenvalue weighted by atomic mass is 10.1. The van der Waals surface area contributed by atoms with Crippen molar-refractivity contribution in [2.45, 2.75) is 20.1 Å². The van der Waals surface area contributed by atoms with E-state index >= 15 is 0 Å². The molecule has 0 N–H and O–H groups in total. The molecule has 0 atom stereocenters. The number of halogens is 1. The average Bonchev–Trinajstić information content (AvgIpc) is 3.07. The topological polar surface area (TPSA) is 89.8 Å². The summed E-state index contributed by atoms with van der Waals surface area (Å²) in [5, 5.41) is 10.7. The number of aryl methyl sites for hydroxylation is 1. The third kappa shape index (κ3) is 5.37. The summed E-state index contributed by atoms with van der Waals surface area (Å²) in [6.45, 7) is 2.26. The summed E-state index contributed by atoms with van der Waals surface area (Å²) >= 11 is 4.32. The van der Waals surface area contributed by atoms with E-state index in [1.54, 1.807) is 36.4 Å². The van der Waals surface area contributed by atoms with E-state index in [4.69, 9.17) is 4.74 Å². The molecular weight excluding hydrogens is 520 g/mol. The SMILES string of the molecule is Cc1ccccc1CN1C(=O)S/C(=C\c2cc(Br)ccc2OCc2cccc([N+](=O)[O-])c2)C1=O. The summed E-state index contributed by atoms with van der Waals surface area (Å²) in [7, 11) is 0. The number of carbonyl (C=O) groups is 2. The van der Waals surface area contributed by atoms with E-state index in [1.165, 1.54) is 17.0 Å². The van der Waals surface area contributed by atoms with E-state index in [2.05, 4.69) is 15.9 Å². The molecular formula is C25H19BrN2O5S. The van der Waals surface area contributed by atoms with Crippen LogP contribution in [-0.4, -0.2) is 21.0 Å². The Hall–Kier alpha value is -3.43. The largest absolute Gasteiger partial charge is 0.488 e. The Bertz CT molecular complexity index is 1320. The molecule has 0 aromatic heterocycles. The Morgan fingerprint density at radius 1 is 1.09 bits per heavy atom. The number of nitro groups is 1. The number of amides is 2. The van der Waals surface area contributed by atoms with E-state index in [-0.39, 0.29) is 30.0 Å². The summed E-state index contributed by atoms with van der Waals surface area (Å²) in [5.41, 5.74) is 3.16. The molecule has 172 valence electrons. The molecule has 1 saturated heterocycles. The Morgan fingerprint density at radius 2 is 1.88 bits per heavy atom. The first-order valence-electron chi connectivity index (χ1n) is 10.3.